The van der Waals surface area contributed by atoms with Gasteiger partial charge in [-0.3, -0.25) is 0 Å². The third-order valence-electron chi connectivity index (χ3n) is 1.61. The molecule has 1 rings (SSSR count). The summed E-state index contributed by atoms with van der Waals surface area (Å²) >= 11 is 11.4. The predicted octanol–water partition coefficient (Wildman–Crippen LogP) is 1.99. The third kappa shape index (κ3) is 5.28. The number of rotatable bonds is 6. The topological polar surface area (TPSA) is 44.2 Å². The Morgan fingerprint density at radius 3 is 2.40 bits per heavy atom. The van der Waals surface area contributed by atoms with Crippen molar-refractivity contribution in [2.75, 3.05) is 26.9 Å². The fourth-order valence-corrected chi connectivity index (χ4v) is 1.41. The van der Waals surface area contributed by atoms with Crippen LogP contribution in [0.1, 0.15) is 5.82 Å². The third-order valence-corrected chi connectivity index (χ3v) is 2.00. The summed E-state index contributed by atoms with van der Waals surface area (Å²) in [4.78, 5) is 8.02. The van der Waals surface area contributed by atoms with Crippen molar-refractivity contribution in [2.24, 2.45) is 0 Å². The molecule has 0 aliphatic rings. The van der Waals surface area contributed by atoms with Crippen LogP contribution >= 0.6 is 23.2 Å². The molecule has 0 aliphatic heterocycles. The molecule has 0 atom stereocenters. The molecule has 1 aromatic rings. The first kappa shape index (κ1) is 12.6. The van der Waals surface area contributed by atoms with Gasteiger partial charge in [-0.1, -0.05) is 23.2 Å². The van der Waals surface area contributed by atoms with Gasteiger partial charge in [0.2, 0.25) is 0 Å². The lowest BCUT2D eigenvalue weighted by Crippen LogP contribution is -2.07. The van der Waals surface area contributed by atoms with Gasteiger partial charge in [0.05, 0.1) is 19.8 Å². The van der Waals surface area contributed by atoms with E-state index in [0.29, 0.717) is 42.4 Å². The molecule has 0 radical (unpaired) electrons. The van der Waals surface area contributed by atoms with Crippen LogP contribution in [0.5, 0.6) is 0 Å². The fourth-order valence-electron chi connectivity index (χ4n) is 0.954. The van der Waals surface area contributed by atoms with Crippen molar-refractivity contribution in [3.05, 3.63) is 22.2 Å². The van der Waals surface area contributed by atoms with Crippen molar-refractivity contribution >= 4 is 23.2 Å². The Labute approximate surface area is 98.5 Å². The highest BCUT2D eigenvalue weighted by molar-refractivity contribution is 6.33. The number of ether oxygens (including phenoxy) is 2. The van der Waals surface area contributed by atoms with E-state index in [1.165, 1.54) is 6.07 Å². The average molecular weight is 251 g/mol. The first-order chi connectivity index (χ1) is 7.22. The maximum absolute atomic E-state index is 5.72. The van der Waals surface area contributed by atoms with Crippen molar-refractivity contribution in [3.63, 3.8) is 0 Å². The monoisotopic (exact) mass is 250 g/mol. The lowest BCUT2D eigenvalue weighted by Gasteiger charge is -2.03. The van der Waals surface area contributed by atoms with Crippen LogP contribution in [0.15, 0.2) is 6.07 Å². The average Bonchev–Trinajstić information content (AvgIpc) is 2.16. The van der Waals surface area contributed by atoms with Gasteiger partial charge >= 0.3 is 0 Å². The minimum Gasteiger partial charge on any atom is -0.382 e. The van der Waals surface area contributed by atoms with Crippen LogP contribution in [0.3, 0.4) is 0 Å². The number of hydrogen-bond acceptors (Lipinski definition) is 4. The summed E-state index contributed by atoms with van der Waals surface area (Å²) in [5.74, 6) is 0.588. The first-order valence-electron chi connectivity index (χ1n) is 4.48. The zero-order chi connectivity index (χ0) is 11.1. The van der Waals surface area contributed by atoms with Gasteiger partial charge in [-0.25, -0.2) is 9.97 Å². The van der Waals surface area contributed by atoms with Gasteiger partial charge in [-0.05, 0) is 0 Å². The summed E-state index contributed by atoms with van der Waals surface area (Å²) < 4.78 is 10.1. The molecule has 0 aromatic carbocycles. The molecule has 0 N–H and O–H groups in total. The number of aromatic nitrogens is 2. The SMILES string of the molecule is COCCOCCc1nc(Cl)cc(Cl)n1. The minimum absolute atomic E-state index is 0.349. The quantitative estimate of drug-likeness (QED) is 0.572. The summed E-state index contributed by atoms with van der Waals surface area (Å²) in [6, 6.07) is 1.50. The number of methoxy groups -OCH3 is 1. The molecule has 0 aliphatic carbocycles. The van der Waals surface area contributed by atoms with Crippen LogP contribution in [-0.2, 0) is 15.9 Å². The van der Waals surface area contributed by atoms with Crippen molar-refractivity contribution in [1.82, 2.24) is 9.97 Å². The molecule has 4 nitrogen and oxygen atoms in total. The van der Waals surface area contributed by atoms with Gasteiger partial charge < -0.3 is 9.47 Å². The molecule has 84 valence electrons. The van der Waals surface area contributed by atoms with E-state index < -0.39 is 0 Å². The molecule has 0 unspecified atom stereocenters. The highest BCUT2D eigenvalue weighted by Gasteiger charge is 2.01. The lowest BCUT2D eigenvalue weighted by atomic mass is 10.4. The number of hydrogen-bond donors (Lipinski definition) is 0. The van der Waals surface area contributed by atoms with Crippen LogP contribution in [0.4, 0.5) is 0 Å². The van der Waals surface area contributed by atoms with Gasteiger partial charge in [-0.15, -0.1) is 0 Å². The van der Waals surface area contributed by atoms with E-state index in [0.717, 1.165) is 0 Å². The molecule has 0 bridgehead atoms. The largest absolute Gasteiger partial charge is 0.382 e. The first-order valence-corrected chi connectivity index (χ1v) is 5.23. The minimum atomic E-state index is 0.349. The number of nitrogens with zero attached hydrogens (tertiary/aromatic N) is 2. The van der Waals surface area contributed by atoms with Gasteiger partial charge in [-0.2, -0.15) is 0 Å². The maximum Gasteiger partial charge on any atom is 0.134 e. The molecule has 0 amide bonds. The van der Waals surface area contributed by atoms with E-state index in [9.17, 15) is 0 Å². The van der Waals surface area contributed by atoms with E-state index in [-0.39, 0.29) is 0 Å². The summed E-state index contributed by atoms with van der Waals surface area (Å²) in [5, 5.41) is 0.698. The molecule has 0 fully saturated rings. The molecule has 1 heterocycles. The molecule has 6 heteroatoms. The van der Waals surface area contributed by atoms with Crippen LogP contribution < -0.4 is 0 Å². The molecule has 1 aromatic heterocycles. The second kappa shape index (κ2) is 6.95. The predicted molar refractivity (Wildman–Crippen MR) is 58.5 cm³/mol. The Balaban J connectivity index is 2.31. The van der Waals surface area contributed by atoms with Gasteiger partial charge in [0, 0.05) is 19.6 Å². The standard InChI is InChI=1S/C9H12Cl2N2O2/c1-14-4-5-15-3-2-9-12-7(10)6-8(11)13-9/h6H,2-5H2,1H3. The summed E-state index contributed by atoms with van der Waals surface area (Å²) in [6.07, 6.45) is 0.587. The lowest BCUT2D eigenvalue weighted by molar-refractivity contribution is 0.0716. The second-order valence-electron chi connectivity index (χ2n) is 2.78. The maximum atomic E-state index is 5.72. The summed E-state index contributed by atoms with van der Waals surface area (Å²) in [5.41, 5.74) is 0. The second-order valence-corrected chi connectivity index (χ2v) is 3.56. The Bertz CT molecular complexity index is 290. The van der Waals surface area contributed by atoms with Crippen LogP contribution in [0.25, 0.3) is 0 Å². The molecular weight excluding hydrogens is 239 g/mol. The van der Waals surface area contributed by atoms with Crippen molar-refractivity contribution in [1.29, 1.82) is 0 Å². The number of halogens is 2. The Morgan fingerprint density at radius 1 is 1.13 bits per heavy atom. The van der Waals surface area contributed by atoms with Gasteiger partial charge in [0.25, 0.3) is 0 Å². The normalized spacial score (nSPS) is 10.6. The van der Waals surface area contributed by atoms with Crippen LogP contribution in [-0.4, -0.2) is 36.9 Å². The fraction of sp³-hybridized carbons (Fsp3) is 0.556. The van der Waals surface area contributed by atoms with Crippen molar-refractivity contribution in [3.8, 4) is 0 Å². The molecular formula is C9H12Cl2N2O2. The van der Waals surface area contributed by atoms with E-state index in [2.05, 4.69) is 9.97 Å². The molecule has 0 spiro atoms. The van der Waals surface area contributed by atoms with E-state index >= 15 is 0 Å². The van der Waals surface area contributed by atoms with Gasteiger partial charge in [0.15, 0.2) is 0 Å². The smallest absolute Gasteiger partial charge is 0.134 e. The van der Waals surface area contributed by atoms with Gasteiger partial charge in [0.1, 0.15) is 16.1 Å². The van der Waals surface area contributed by atoms with E-state index in [1.54, 1.807) is 7.11 Å². The van der Waals surface area contributed by atoms with Crippen molar-refractivity contribution < 1.29 is 9.47 Å². The Hall–Kier alpha value is -0.420. The Morgan fingerprint density at radius 2 is 1.80 bits per heavy atom. The van der Waals surface area contributed by atoms with Crippen LogP contribution in [0, 0.1) is 0 Å². The Kier molecular flexibility index (Phi) is 5.86. The highest BCUT2D eigenvalue weighted by Crippen LogP contribution is 2.11. The van der Waals surface area contributed by atoms with E-state index in [1.807, 2.05) is 0 Å². The highest BCUT2D eigenvalue weighted by atomic mass is 35.5. The zero-order valence-corrected chi connectivity index (χ0v) is 9.88. The molecule has 0 saturated carbocycles. The zero-order valence-electron chi connectivity index (χ0n) is 8.37. The molecule has 0 saturated heterocycles. The summed E-state index contributed by atoms with van der Waals surface area (Å²) in [6.45, 7) is 1.67. The van der Waals surface area contributed by atoms with Crippen molar-refractivity contribution in [2.45, 2.75) is 6.42 Å². The van der Waals surface area contributed by atoms with E-state index in [4.69, 9.17) is 32.7 Å². The summed E-state index contributed by atoms with van der Waals surface area (Å²) in [7, 11) is 1.63. The molecule has 15 heavy (non-hydrogen) atoms. The van der Waals surface area contributed by atoms with Crippen LogP contribution in [0.2, 0.25) is 10.3 Å².